The van der Waals surface area contributed by atoms with E-state index in [1.54, 1.807) is 6.92 Å². The van der Waals surface area contributed by atoms with E-state index in [1.807, 2.05) is 24.3 Å². The van der Waals surface area contributed by atoms with Gasteiger partial charge in [-0.2, -0.15) is 0 Å². The molecule has 0 aliphatic rings. The van der Waals surface area contributed by atoms with Gasteiger partial charge in [-0.1, -0.05) is 0 Å². The average Bonchev–Trinajstić information content (AvgIpc) is 2.60. The molecule has 3 nitrogen and oxygen atoms in total. The summed E-state index contributed by atoms with van der Waals surface area (Å²) in [4.78, 5) is 14.5. The van der Waals surface area contributed by atoms with E-state index in [4.69, 9.17) is 4.74 Å². The van der Waals surface area contributed by atoms with Crippen LogP contribution in [0.5, 0.6) is 0 Å². The molecule has 0 amide bonds. The van der Waals surface area contributed by atoms with Crippen LogP contribution in [0.2, 0.25) is 0 Å². The number of carbonyl (C=O) groups is 1. The first kappa shape index (κ1) is 10.3. The van der Waals surface area contributed by atoms with Crippen molar-refractivity contribution < 1.29 is 9.53 Å². The Hall–Kier alpha value is -1.21. The molecule has 0 bridgehead atoms. The molecule has 2 rings (SSSR count). The van der Waals surface area contributed by atoms with E-state index in [1.165, 1.54) is 0 Å². The number of aromatic nitrogens is 1. The normalized spacial score (nSPS) is 10.5. The molecule has 0 aliphatic heterocycles. The van der Waals surface area contributed by atoms with Gasteiger partial charge in [-0.3, -0.25) is 0 Å². The van der Waals surface area contributed by atoms with Crippen LogP contribution in [0.1, 0.15) is 17.4 Å². The Labute approximate surface area is 96.3 Å². The van der Waals surface area contributed by atoms with Gasteiger partial charge in [0.15, 0.2) is 0 Å². The van der Waals surface area contributed by atoms with E-state index < -0.39 is 0 Å². The number of H-pyrrole nitrogens is 1. The van der Waals surface area contributed by atoms with Gasteiger partial charge in [-0.15, -0.1) is 0 Å². The Morgan fingerprint density at radius 1 is 1.47 bits per heavy atom. The summed E-state index contributed by atoms with van der Waals surface area (Å²) in [6, 6.07) is 7.75. The van der Waals surface area contributed by atoms with E-state index in [2.05, 4.69) is 21.8 Å². The molecule has 0 unspecified atom stereocenters. The number of hydrogen-bond donors (Lipinski definition) is 1. The third-order valence-corrected chi connectivity index (χ3v) is 2.68. The van der Waals surface area contributed by atoms with Crippen LogP contribution in [-0.4, -0.2) is 34.4 Å². The van der Waals surface area contributed by atoms with E-state index in [-0.39, 0.29) is 5.97 Å². The van der Waals surface area contributed by atoms with Gasteiger partial charge < -0.3 is 0 Å². The van der Waals surface area contributed by atoms with Crippen molar-refractivity contribution in [1.29, 1.82) is 0 Å². The molecular formula is C11H10AsNO2. The van der Waals surface area contributed by atoms with Crippen LogP contribution in [0.15, 0.2) is 24.3 Å². The minimum absolute atomic E-state index is 0.305. The van der Waals surface area contributed by atoms with Crippen LogP contribution >= 0.6 is 0 Å². The van der Waals surface area contributed by atoms with Crippen LogP contribution in [-0.2, 0) is 4.74 Å². The molecule has 76 valence electrons. The van der Waals surface area contributed by atoms with Crippen LogP contribution < -0.4 is 4.35 Å². The number of carbonyl (C=O) groups excluding carboxylic acids is 1. The summed E-state index contributed by atoms with van der Waals surface area (Å²) in [5.74, 6) is -0.305. The van der Waals surface area contributed by atoms with Gasteiger partial charge in [0.2, 0.25) is 0 Å². The fourth-order valence-corrected chi connectivity index (χ4v) is 1.89. The van der Waals surface area contributed by atoms with Crippen molar-refractivity contribution in [3.05, 3.63) is 30.0 Å². The molecule has 1 aromatic heterocycles. The van der Waals surface area contributed by atoms with Gasteiger partial charge in [-0.05, 0) is 0 Å². The van der Waals surface area contributed by atoms with Crippen LogP contribution in [0.3, 0.4) is 0 Å². The van der Waals surface area contributed by atoms with Gasteiger partial charge in [-0.25, -0.2) is 0 Å². The third kappa shape index (κ3) is 2.07. The molecule has 0 atom stereocenters. The van der Waals surface area contributed by atoms with E-state index in [0.29, 0.717) is 12.3 Å². The van der Waals surface area contributed by atoms with Crippen molar-refractivity contribution in [2.24, 2.45) is 0 Å². The SMILES string of the molecule is CCOC(=O)c1cc2cc([As])ccc2[nH]1. The number of fused-ring (bicyclic) bond motifs is 1. The molecular weight excluding hydrogens is 253 g/mol. The molecule has 0 fully saturated rings. The summed E-state index contributed by atoms with van der Waals surface area (Å²) in [5, 5.41) is 1.02. The summed E-state index contributed by atoms with van der Waals surface area (Å²) in [6.45, 7) is 2.19. The van der Waals surface area contributed by atoms with Crippen molar-refractivity contribution in [1.82, 2.24) is 4.98 Å². The van der Waals surface area contributed by atoms with Crippen molar-refractivity contribution in [3.63, 3.8) is 0 Å². The van der Waals surface area contributed by atoms with Crippen LogP contribution in [0.25, 0.3) is 10.9 Å². The molecule has 2 radical (unpaired) electrons. The average molecular weight is 263 g/mol. The topological polar surface area (TPSA) is 42.1 Å². The van der Waals surface area contributed by atoms with E-state index >= 15 is 0 Å². The van der Waals surface area contributed by atoms with Crippen molar-refractivity contribution in [2.45, 2.75) is 6.92 Å². The molecule has 0 saturated heterocycles. The Morgan fingerprint density at radius 2 is 2.27 bits per heavy atom. The molecule has 1 aromatic carbocycles. The summed E-state index contributed by atoms with van der Waals surface area (Å²) in [5.41, 5.74) is 1.46. The van der Waals surface area contributed by atoms with Gasteiger partial charge in [0.1, 0.15) is 0 Å². The third-order valence-electron chi connectivity index (χ3n) is 2.10. The molecule has 0 spiro atoms. The van der Waals surface area contributed by atoms with Crippen molar-refractivity contribution in [2.75, 3.05) is 6.61 Å². The molecule has 0 aliphatic carbocycles. The summed E-state index contributed by atoms with van der Waals surface area (Å²) >= 11 is 2.48. The monoisotopic (exact) mass is 263 g/mol. The number of nitrogens with one attached hydrogen (secondary N) is 1. The molecule has 0 saturated carbocycles. The fraction of sp³-hybridized carbons (Fsp3) is 0.182. The fourth-order valence-electron chi connectivity index (χ4n) is 1.44. The number of benzene rings is 1. The second-order valence-corrected chi connectivity index (χ2v) is 4.26. The first-order valence-corrected chi connectivity index (χ1v) is 5.63. The Morgan fingerprint density at radius 3 is 3.00 bits per heavy atom. The molecule has 15 heavy (non-hydrogen) atoms. The van der Waals surface area contributed by atoms with Gasteiger partial charge in [0, 0.05) is 0 Å². The Kier molecular flexibility index (Phi) is 2.83. The van der Waals surface area contributed by atoms with Crippen molar-refractivity contribution in [3.8, 4) is 0 Å². The molecule has 1 N–H and O–H groups in total. The predicted octanol–water partition coefficient (Wildman–Crippen LogP) is 1.14. The second kappa shape index (κ2) is 4.11. The molecule has 1 heterocycles. The van der Waals surface area contributed by atoms with Gasteiger partial charge >= 0.3 is 96.1 Å². The standard InChI is InChI=1S/C11H10AsNO2/c1-2-15-11(14)10-6-7-5-8(12)3-4-9(7)13-10/h3-6,13H,2H2,1H3. The van der Waals surface area contributed by atoms with Gasteiger partial charge in [0.25, 0.3) is 0 Å². The predicted molar refractivity (Wildman–Crippen MR) is 59.6 cm³/mol. The number of hydrogen-bond acceptors (Lipinski definition) is 2. The number of esters is 1. The molecule has 2 aromatic rings. The van der Waals surface area contributed by atoms with Crippen molar-refractivity contribution >= 4 is 38.1 Å². The Balaban J connectivity index is 2.42. The molecule has 4 heteroatoms. The first-order chi connectivity index (χ1) is 7.20. The first-order valence-electron chi connectivity index (χ1n) is 4.69. The number of aromatic amines is 1. The van der Waals surface area contributed by atoms with E-state index in [9.17, 15) is 4.79 Å². The summed E-state index contributed by atoms with van der Waals surface area (Å²) in [7, 11) is 0. The maximum absolute atomic E-state index is 11.4. The van der Waals surface area contributed by atoms with Gasteiger partial charge in [0.05, 0.1) is 0 Å². The minimum atomic E-state index is -0.305. The number of rotatable bonds is 2. The maximum atomic E-state index is 11.4. The van der Waals surface area contributed by atoms with E-state index in [0.717, 1.165) is 15.3 Å². The summed E-state index contributed by atoms with van der Waals surface area (Å²) in [6.07, 6.45) is 0. The zero-order valence-electron chi connectivity index (χ0n) is 8.28. The summed E-state index contributed by atoms with van der Waals surface area (Å²) < 4.78 is 6.03. The Bertz CT molecular complexity index is 504. The van der Waals surface area contributed by atoms with Crippen LogP contribution in [0.4, 0.5) is 0 Å². The number of ether oxygens (including phenoxy) is 1. The van der Waals surface area contributed by atoms with Crippen LogP contribution in [0, 0.1) is 0 Å². The second-order valence-electron chi connectivity index (χ2n) is 3.18. The quantitative estimate of drug-likeness (QED) is 0.652. The zero-order valence-corrected chi connectivity index (χ0v) is 10.2. The zero-order chi connectivity index (χ0) is 10.8.